The molecule has 0 atom stereocenters. The van der Waals surface area contributed by atoms with Crippen LogP contribution in [-0.4, -0.2) is 14.2 Å². The number of hydrogen-bond donors (Lipinski definition) is 2. The normalized spacial score (nSPS) is 8.55. The number of methoxy groups -OCH3 is 2. The van der Waals surface area contributed by atoms with Gasteiger partial charge in [0.15, 0.2) is 0 Å². The third-order valence-electron chi connectivity index (χ3n) is 2.99. The van der Waals surface area contributed by atoms with Gasteiger partial charge in [-0.05, 0) is 37.6 Å². The number of para-hydroxylation sites is 1. The fourth-order valence-electron chi connectivity index (χ4n) is 1.84. The van der Waals surface area contributed by atoms with E-state index in [4.69, 9.17) is 20.9 Å². The summed E-state index contributed by atoms with van der Waals surface area (Å²) in [6.45, 7) is 3.83. The van der Waals surface area contributed by atoms with Crippen molar-refractivity contribution in [1.82, 2.24) is 0 Å². The number of rotatable bonds is 2. The summed E-state index contributed by atoms with van der Waals surface area (Å²) in [6, 6.07) is 11.5. The Hall–Kier alpha value is -1.78. The first-order valence-corrected chi connectivity index (χ1v) is 6.29. The maximum absolute atomic E-state index is 5.79. The standard InChI is InChI=1S/C9H14N2O.C7H8O.2ClH/c1-5-4-7(10)9(12-3)6(2)8(5)11;1-8-7-5-3-2-4-6-7;;/h4H,10-11H2,1-3H3;2-6H,1H3;2*1H. The van der Waals surface area contributed by atoms with Gasteiger partial charge in [-0.2, -0.15) is 0 Å². The average molecular weight is 347 g/mol. The first-order valence-electron chi connectivity index (χ1n) is 6.29. The van der Waals surface area contributed by atoms with Crippen LogP contribution in [0.25, 0.3) is 0 Å². The van der Waals surface area contributed by atoms with E-state index in [1.54, 1.807) is 14.2 Å². The fourth-order valence-corrected chi connectivity index (χ4v) is 1.84. The van der Waals surface area contributed by atoms with E-state index in [1.165, 1.54) is 0 Å². The van der Waals surface area contributed by atoms with E-state index in [0.29, 0.717) is 11.4 Å². The van der Waals surface area contributed by atoms with Crippen LogP contribution in [0.5, 0.6) is 11.5 Å². The van der Waals surface area contributed by atoms with Crippen molar-refractivity contribution in [1.29, 1.82) is 0 Å². The summed E-state index contributed by atoms with van der Waals surface area (Å²) in [5.41, 5.74) is 14.8. The van der Waals surface area contributed by atoms with Crippen molar-refractivity contribution in [3.63, 3.8) is 0 Å². The van der Waals surface area contributed by atoms with Gasteiger partial charge >= 0.3 is 0 Å². The average Bonchev–Trinajstić information content (AvgIpc) is 2.47. The smallest absolute Gasteiger partial charge is 0.146 e. The Morgan fingerprint density at radius 2 is 1.41 bits per heavy atom. The van der Waals surface area contributed by atoms with Crippen LogP contribution >= 0.6 is 24.8 Å². The van der Waals surface area contributed by atoms with Crippen LogP contribution in [0.2, 0.25) is 0 Å². The third kappa shape index (κ3) is 5.92. The number of anilines is 2. The highest BCUT2D eigenvalue weighted by molar-refractivity contribution is 5.85. The summed E-state index contributed by atoms with van der Waals surface area (Å²) in [6.07, 6.45) is 0. The molecule has 2 aromatic rings. The third-order valence-corrected chi connectivity index (χ3v) is 2.99. The molecule has 22 heavy (non-hydrogen) atoms. The Labute approximate surface area is 144 Å². The molecular formula is C16H24Cl2N2O2. The van der Waals surface area contributed by atoms with Crippen molar-refractivity contribution in [3.05, 3.63) is 47.5 Å². The molecule has 4 N–H and O–H groups in total. The zero-order valence-corrected chi connectivity index (χ0v) is 14.9. The highest BCUT2D eigenvalue weighted by Gasteiger charge is 2.08. The summed E-state index contributed by atoms with van der Waals surface area (Å²) in [5.74, 6) is 1.59. The van der Waals surface area contributed by atoms with Gasteiger partial charge in [0.25, 0.3) is 0 Å². The molecule has 0 aliphatic rings. The fraction of sp³-hybridized carbons (Fsp3) is 0.250. The molecule has 0 radical (unpaired) electrons. The van der Waals surface area contributed by atoms with E-state index >= 15 is 0 Å². The first-order chi connectivity index (χ1) is 9.51. The van der Waals surface area contributed by atoms with Gasteiger partial charge in [0, 0.05) is 11.3 Å². The highest BCUT2D eigenvalue weighted by atomic mass is 35.5. The van der Waals surface area contributed by atoms with Crippen LogP contribution in [-0.2, 0) is 0 Å². The van der Waals surface area contributed by atoms with Gasteiger partial charge in [-0.25, -0.2) is 0 Å². The largest absolute Gasteiger partial charge is 0.497 e. The molecule has 0 amide bonds. The van der Waals surface area contributed by atoms with E-state index in [2.05, 4.69) is 0 Å². The maximum atomic E-state index is 5.79. The minimum Gasteiger partial charge on any atom is -0.497 e. The van der Waals surface area contributed by atoms with Crippen molar-refractivity contribution in [2.24, 2.45) is 0 Å². The van der Waals surface area contributed by atoms with Crippen LogP contribution in [0, 0.1) is 13.8 Å². The number of nitrogen functional groups attached to an aromatic ring is 2. The van der Waals surface area contributed by atoms with Gasteiger partial charge in [0.2, 0.25) is 0 Å². The van der Waals surface area contributed by atoms with Gasteiger partial charge in [0.1, 0.15) is 11.5 Å². The molecule has 0 heterocycles. The zero-order valence-electron chi connectivity index (χ0n) is 13.3. The molecule has 2 aromatic carbocycles. The lowest BCUT2D eigenvalue weighted by atomic mass is 10.1. The second kappa shape index (κ2) is 10.9. The molecule has 0 bridgehead atoms. The number of aryl methyl sites for hydroxylation is 1. The number of ether oxygens (including phenoxy) is 2. The second-order valence-corrected chi connectivity index (χ2v) is 4.37. The molecule has 0 aromatic heterocycles. The Morgan fingerprint density at radius 1 is 0.864 bits per heavy atom. The lowest BCUT2D eigenvalue weighted by Gasteiger charge is -2.12. The SMILES string of the molecule is COc1c(N)cc(C)c(N)c1C.COc1ccccc1.Cl.Cl. The molecule has 0 spiro atoms. The molecule has 6 heteroatoms. The highest BCUT2D eigenvalue weighted by Crippen LogP contribution is 2.32. The predicted octanol–water partition coefficient (Wildman–Crippen LogP) is 4.02. The Morgan fingerprint density at radius 3 is 1.82 bits per heavy atom. The van der Waals surface area contributed by atoms with Gasteiger partial charge in [0.05, 0.1) is 19.9 Å². The molecule has 2 rings (SSSR count). The topological polar surface area (TPSA) is 70.5 Å². The van der Waals surface area contributed by atoms with Gasteiger partial charge in [-0.1, -0.05) is 18.2 Å². The van der Waals surface area contributed by atoms with Crippen LogP contribution in [0.15, 0.2) is 36.4 Å². The monoisotopic (exact) mass is 346 g/mol. The van der Waals surface area contributed by atoms with E-state index in [1.807, 2.05) is 50.2 Å². The maximum Gasteiger partial charge on any atom is 0.146 e. The molecular weight excluding hydrogens is 323 g/mol. The lowest BCUT2D eigenvalue weighted by molar-refractivity contribution is 0.414. The van der Waals surface area contributed by atoms with Crippen molar-refractivity contribution in [2.45, 2.75) is 13.8 Å². The second-order valence-electron chi connectivity index (χ2n) is 4.37. The number of halogens is 2. The van der Waals surface area contributed by atoms with E-state index < -0.39 is 0 Å². The molecule has 124 valence electrons. The summed E-state index contributed by atoms with van der Waals surface area (Å²) in [4.78, 5) is 0. The molecule has 0 aliphatic carbocycles. The van der Waals surface area contributed by atoms with E-state index in [-0.39, 0.29) is 24.8 Å². The summed E-state index contributed by atoms with van der Waals surface area (Å²) < 4.78 is 10.0. The Balaban J connectivity index is 0. The number of hydrogen-bond acceptors (Lipinski definition) is 4. The summed E-state index contributed by atoms with van der Waals surface area (Å²) in [7, 11) is 3.25. The lowest BCUT2D eigenvalue weighted by Crippen LogP contribution is -2.01. The summed E-state index contributed by atoms with van der Waals surface area (Å²) in [5, 5.41) is 0. The zero-order chi connectivity index (χ0) is 15.1. The van der Waals surface area contributed by atoms with Gasteiger partial charge < -0.3 is 20.9 Å². The Kier molecular flexibility index (Phi) is 11.1. The quantitative estimate of drug-likeness (QED) is 0.805. The summed E-state index contributed by atoms with van der Waals surface area (Å²) >= 11 is 0. The number of benzene rings is 2. The van der Waals surface area contributed by atoms with Crippen LogP contribution in [0.1, 0.15) is 11.1 Å². The van der Waals surface area contributed by atoms with Crippen molar-refractivity contribution >= 4 is 36.2 Å². The number of nitrogens with two attached hydrogens (primary N) is 2. The van der Waals surface area contributed by atoms with Gasteiger partial charge in [-0.3, -0.25) is 0 Å². The molecule has 0 fully saturated rings. The molecule has 0 aliphatic heterocycles. The van der Waals surface area contributed by atoms with Crippen LogP contribution in [0.4, 0.5) is 11.4 Å². The van der Waals surface area contributed by atoms with E-state index in [9.17, 15) is 0 Å². The van der Waals surface area contributed by atoms with Crippen molar-refractivity contribution in [3.8, 4) is 11.5 Å². The van der Waals surface area contributed by atoms with Gasteiger partial charge in [-0.15, -0.1) is 24.8 Å². The first kappa shape index (κ1) is 22.5. The minimum atomic E-state index is 0. The van der Waals surface area contributed by atoms with Crippen LogP contribution in [0.3, 0.4) is 0 Å². The molecule has 0 unspecified atom stereocenters. The van der Waals surface area contributed by atoms with E-state index in [0.717, 1.165) is 22.6 Å². The molecule has 0 saturated heterocycles. The van der Waals surface area contributed by atoms with Crippen molar-refractivity contribution < 1.29 is 9.47 Å². The predicted molar refractivity (Wildman–Crippen MR) is 98.8 cm³/mol. The molecule has 4 nitrogen and oxygen atoms in total. The van der Waals surface area contributed by atoms with Crippen molar-refractivity contribution in [2.75, 3.05) is 25.7 Å². The Bertz CT molecular complexity index is 564. The minimum absolute atomic E-state index is 0. The van der Waals surface area contributed by atoms with Crippen LogP contribution < -0.4 is 20.9 Å². The molecule has 0 saturated carbocycles.